The van der Waals surface area contributed by atoms with Crippen molar-refractivity contribution in [1.82, 2.24) is 19.9 Å². The first-order valence-corrected chi connectivity index (χ1v) is 12.9. The smallest absolute Gasteiger partial charge is 0.231 e. The standard InChI is InChI=1S/C26H34N6O3/c1-26(2)7-6-17-18(15-26)20-21-22(35-25(20)30-24(17)32-11-13-34-14-12-32)23(29-16-28-21)27-8-4-10-31-9-3-5-19(31)33/h16H,3-15H2,1-2H3,(H,27,28,29). The van der Waals surface area contributed by atoms with Crippen LogP contribution in [-0.4, -0.2) is 71.7 Å². The van der Waals surface area contributed by atoms with Crippen LogP contribution in [0.25, 0.3) is 22.2 Å². The van der Waals surface area contributed by atoms with E-state index in [0.29, 0.717) is 30.1 Å². The fraction of sp³-hybridized carbons (Fsp3) is 0.615. The maximum atomic E-state index is 11.9. The number of rotatable bonds is 6. The Bertz CT molecular complexity index is 1260. The number of ether oxygens (including phenoxy) is 1. The lowest BCUT2D eigenvalue weighted by Crippen LogP contribution is -2.38. The molecule has 0 aromatic carbocycles. The number of carbonyl (C=O) groups excluding carboxylic acids is 1. The Morgan fingerprint density at radius 2 is 1.97 bits per heavy atom. The van der Waals surface area contributed by atoms with Crippen molar-refractivity contribution < 1.29 is 13.9 Å². The summed E-state index contributed by atoms with van der Waals surface area (Å²) in [5.74, 6) is 2.00. The van der Waals surface area contributed by atoms with Crippen molar-refractivity contribution >= 4 is 39.7 Å². The van der Waals surface area contributed by atoms with Crippen LogP contribution in [0.15, 0.2) is 10.7 Å². The Morgan fingerprint density at radius 3 is 2.77 bits per heavy atom. The lowest BCUT2D eigenvalue weighted by Gasteiger charge is -2.35. The number of aromatic nitrogens is 3. The third-order valence-electron chi connectivity index (χ3n) is 7.68. The highest BCUT2D eigenvalue weighted by Gasteiger charge is 2.33. The second kappa shape index (κ2) is 8.93. The lowest BCUT2D eigenvalue weighted by atomic mass is 9.73. The van der Waals surface area contributed by atoms with Crippen LogP contribution in [0.2, 0.25) is 0 Å². The van der Waals surface area contributed by atoms with Gasteiger partial charge in [0.2, 0.25) is 11.6 Å². The van der Waals surface area contributed by atoms with E-state index in [2.05, 4.69) is 34.0 Å². The molecule has 3 aromatic rings. The van der Waals surface area contributed by atoms with E-state index in [9.17, 15) is 4.79 Å². The molecule has 0 radical (unpaired) electrons. The van der Waals surface area contributed by atoms with Gasteiger partial charge in [-0.15, -0.1) is 0 Å². The van der Waals surface area contributed by atoms with E-state index in [1.54, 1.807) is 6.33 Å². The zero-order chi connectivity index (χ0) is 24.0. The number of nitrogens with one attached hydrogen (secondary N) is 1. The number of fused-ring (bicyclic) bond motifs is 5. The monoisotopic (exact) mass is 478 g/mol. The molecule has 2 saturated heterocycles. The molecule has 2 aliphatic heterocycles. The Balaban J connectivity index is 1.35. The zero-order valence-electron chi connectivity index (χ0n) is 20.7. The molecule has 9 heteroatoms. The third-order valence-corrected chi connectivity index (χ3v) is 7.68. The molecule has 35 heavy (non-hydrogen) atoms. The summed E-state index contributed by atoms with van der Waals surface area (Å²) in [6, 6.07) is 0. The topological polar surface area (TPSA) is 96.6 Å². The quantitative estimate of drug-likeness (QED) is 0.538. The number of hydrogen-bond donors (Lipinski definition) is 1. The minimum atomic E-state index is 0.217. The molecule has 0 spiro atoms. The number of furan rings is 1. The fourth-order valence-corrected chi connectivity index (χ4v) is 5.77. The summed E-state index contributed by atoms with van der Waals surface area (Å²) in [5.41, 5.74) is 5.02. The molecular formula is C26H34N6O3. The maximum Gasteiger partial charge on any atom is 0.231 e. The highest BCUT2D eigenvalue weighted by Crippen LogP contribution is 2.44. The van der Waals surface area contributed by atoms with E-state index in [4.69, 9.17) is 14.1 Å². The first-order valence-electron chi connectivity index (χ1n) is 12.9. The average molecular weight is 479 g/mol. The molecule has 0 saturated carbocycles. The zero-order valence-corrected chi connectivity index (χ0v) is 20.7. The second-order valence-corrected chi connectivity index (χ2v) is 10.8. The summed E-state index contributed by atoms with van der Waals surface area (Å²) in [5, 5.41) is 4.46. The maximum absolute atomic E-state index is 11.9. The summed E-state index contributed by atoms with van der Waals surface area (Å²) in [6.45, 7) is 10.2. The minimum absolute atomic E-state index is 0.217. The summed E-state index contributed by atoms with van der Waals surface area (Å²) in [4.78, 5) is 30.4. The second-order valence-electron chi connectivity index (χ2n) is 10.8. The largest absolute Gasteiger partial charge is 0.432 e. The third kappa shape index (κ3) is 4.20. The molecule has 0 bridgehead atoms. The molecule has 5 heterocycles. The van der Waals surface area contributed by atoms with Crippen molar-refractivity contribution in [3.05, 3.63) is 17.5 Å². The lowest BCUT2D eigenvalue weighted by molar-refractivity contribution is -0.127. The minimum Gasteiger partial charge on any atom is -0.432 e. The summed E-state index contributed by atoms with van der Waals surface area (Å²) >= 11 is 0. The van der Waals surface area contributed by atoms with Gasteiger partial charge in [0, 0.05) is 39.1 Å². The number of amides is 1. The van der Waals surface area contributed by atoms with E-state index < -0.39 is 0 Å². The molecule has 3 aliphatic rings. The Labute approximate surface area is 205 Å². The Hall–Kier alpha value is -2.94. The highest BCUT2D eigenvalue weighted by atomic mass is 16.5. The predicted octanol–water partition coefficient (Wildman–Crippen LogP) is 3.55. The molecule has 1 amide bonds. The van der Waals surface area contributed by atoms with Gasteiger partial charge in [0.15, 0.2) is 11.4 Å². The van der Waals surface area contributed by atoms with Crippen LogP contribution in [-0.2, 0) is 22.4 Å². The molecule has 186 valence electrons. The van der Waals surface area contributed by atoms with Gasteiger partial charge in [-0.3, -0.25) is 4.79 Å². The molecular weight excluding hydrogens is 444 g/mol. The van der Waals surface area contributed by atoms with Crippen LogP contribution in [0.1, 0.15) is 50.7 Å². The van der Waals surface area contributed by atoms with Crippen molar-refractivity contribution in [3.63, 3.8) is 0 Å². The van der Waals surface area contributed by atoms with E-state index in [0.717, 1.165) is 88.2 Å². The normalized spacial score (nSPS) is 20.1. The van der Waals surface area contributed by atoms with Crippen molar-refractivity contribution in [2.45, 2.75) is 52.4 Å². The summed E-state index contributed by atoms with van der Waals surface area (Å²) < 4.78 is 12.0. The van der Waals surface area contributed by atoms with E-state index in [-0.39, 0.29) is 11.3 Å². The van der Waals surface area contributed by atoms with Gasteiger partial charge in [0.05, 0.1) is 18.6 Å². The number of likely N-dealkylation sites (tertiary alicyclic amines) is 1. The van der Waals surface area contributed by atoms with E-state index in [1.807, 2.05) is 4.90 Å². The summed E-state index contributed by atoms with van der Waals surface area (Å²) in [7, 11) is 0. The number of pyridine rings is 1. The van der Waals surface area contributed by atoms with Crippen LogP contribution in [0.4, 0.5) is 11.6 Å². The van der Waals surface area contributed by atoms with E-state index in [1.165, 1.54) is 11.1 Å². The molecule has 2 fully saturated rings. The van der Waals surface area contributed by atoms with Crippen molar-refractivity contribution in [2.75, 3.05) is 56.2 Å². The van der Waals surface area contributed by atoms with Gasteiger partial charge in [-0.05, 0) is 48.6 Å². The van der Waals surface area contributed by atoms with Gasteiger partial charge in [0.1, 0.15) is 17.7 Å². The molecule has 3 aromatic heterocycles. The van der Waals surface area contributed by atoms with Gasteiger partial charge in [-0.1, -0.05) is 13.8 Å². The van der Waals surface area contributed by atoms with Crippen LogP contribution >= 0.6 is 0 Å². The van der Waals surface area contributed by atoms with Crippen molar-refractivity contribution in [1.29, 1.82) is 0 Å². The SMILES string of the molecule is CC1(C)CCc2c(N3CCOCC3)nc3oc4c(NCCCN5CCCC5=O)ncnc4c3c2C1. The van der Waals surface area contributed by atoms with Gasteiger partial charge < -0.3 is 24.3 Å². The Kier molecular flexibility index (Phi) is 5.75. The van der Waals surface area contributed by atoms with Crippen LogP contribution in [0, 0.1) is 5.41 Å². The number of morpholine rings is 1. The highest BCUT2D eigenvalue weighted by molar-refractivity contribution is 6.07. The molecule has 6 rings (SSSR count). The molecule has 0 unspecified atom stereocenters. The number of hydrogen-bond acceptors (Lipinski definition) is 8. The molecule has 0 atom stereocenters. The molecule has 9 nitrogen and oxygen atoms in total. The summed E-state index contributed by atoms with van der Waals surface area (Å²) in [6.07, 6.45) is 7.25. The van der Waals surface area contributed by atoms with Crippen molar-refractivity contribution in [3.8, 4) is 0 Å². The van der Waals surface area contributed by atoms with Crippen LogP contribution < -0.4 is 10.2 Å². The van der Waals surface area contributed by atoms with E-state index >= 15 is 0 Å². The van der Waals surface area contributed by atoms with Gasteiger partial charge in [-0.2, -0.15) is 4.98 Å². The fourth-order valence-electron chi connectivity index (χ4n) is 5.77. The molecule has 1 aliphatic carbocycles. The average Bonchev–Trinajstić information content (AvgIpc) is 3.44. The van der Waals surface area contributed by atoms with Crippen molar-refractivity contribution in [2.24, 2.45) is 5.41 Å². The van der Waals surface area contributed by atoms with Crippen LogP contribution in [0.3, 0.4) is 0 Å². The first-order chi connectivity index (χ1) is 17.0. The Morgan fingerprint density at radius 1 is 1.11 bits per heavy atom. The number of anilines is 2. The van der Waals surface area contributed by atoms with Gasteiger partial charge in [0.25, 0.3) is 0 Å². The number of nitrogens with zero attached hydrogens (tertiary/aromatic N) is 5. The molecule has 1 N–H and O–H groups in total. The first kappa shape index (κ1) is 22.5. The van der Waals surface area contributed by atoms with Gasteiger partial charge in [-0.25, -0.2) is 9.97 Å². The van der Waals surface area contributed by atoms with Gasteiger partial charge >= 0.3 is 0 Å². The predicted molar refractivity (Wildman–Crippen MR) is 135 cm³/mol. The number of carbonyl (C=O) groups is 1. The van der Waals surface area contributed by atoms with Crippen LogP contribution in [0.5, 0.6) is 0 Å².